The van der Waals surface area contributed by atoms with Gasteiger partial charge in [0.2, 0.25) is 6.43 Å². The molecule has 1 amide bonds. The second kappa shape index (κ2) is 7.16. The van der Waals surface area contributed by atoms with E-state index in [1.807, 2.05) is 5.32 Å². The molecule has 1 atom stereocenters. The second-order valence-corrected chi connectivity index (χ2v) is 5.00. The number of carboxylic acid groups (broad SMARTS) is 1. The Labute approximate surface area is 134 Å². The molecular formula is C15H14F3N3O3. The fourth-order valence-electron chi connectivity index (χ4n) is 2.13. The number of halogens is 3. The molecule has 0 aliphatic heterocycles. The highest BCUT2D eigenvalue weighted by Gasteiger charge is 2.26. The van der Waals surface area contributed by atoms with Gasteiger partial charge in [0.25, 0.3) is 5.91 Å². The van der Waals surface area contributed by atoms with Crippen LogP contribution in [-0.4, -0.2) is 39.2 Å². The average molecular weight is 341 g/mol. The molecule has 0 radical (unpaired) electrons. The molecule has 1 aromatic carbocycles. The van der Waals surface area contributed by atoms with Crippen LogP contribution in [0, 0.1) is 12.7 Å². The first kappa shape index (κ1) is 17.5. The van der Waals surface area contributed by atoms with Crippen LogP contribution in [0.1, 0.15) is 22.5 Å². The van der Waals surface area contributed by atoms with Gasteiger partial charge < -0.3 is 10.4 Å². The smallest absolute Gasteiger partial charge is 0.326 e. The van der Waals surface area contributed by atoms with E-state index in [-0.39, 0.29) is 16.9 Å². The van der Waals surface area contributed by atoms with E-state index >= 15 is 0 Å². The van der Waals surface area contributed by atoms with Gasteiger partial charge in [0.05, 0.1) is 17.5 Å². The number of carbonyl (C=O) groups is 2. The summed E-state index contributed by atoms with van der Waals surface area (Å²) in [5.41, 5.74) is 0.328. The van der Waals surface area contributed by atoms with Gasteiger partial charge in [0.1, 0.15) is 17.5 Å². The number of benzene rings is 1. The fraction of sp³-hybridized carbons (Fsp3) is 0.267. The molecule has 2 aromatic rings. The third kappa shape index (κ3) is 3.73. The van der Waals surface area contributed by atoms with Gasteiger partial charge >= 0.3 is 5.97 Å². The first-order valence-corrected chi connectivity index (χ1v) is 6.92. The van der Waals surface area contributed by atoms with Crippen molar-refractivity contribution in [1.29, 1.82) is 0 Å². The molecule has 0 saturated carbocycles. The van der Waals surface area contributed by atoms with Crippen molar-refractivity contribution < 1.29 is 27.9 Å². The Morgan fingerprint density at radius 2 is 2.00 bits per heavy atom. The van der Waals surface area contributed by atoms with Gasteiger partial charge in [-0.25, -0.2) is 22.6 Å². The molecule has 6 nitrogen and oxygen atoms in total. The van der Waals surface area contributed by atoms with E-state index in [1.54, 1.807) is 6.07 Å². The number of aromatic nitrogens is 2. The van der Waals surface area contributed by atoms with Crippen LogP contribution in [0.2, 0.25) is 0 Å². The zero-order chi connectivity index (χ0) is 17.9. The lowest BCUT2D eigenvalue weighted by atomic mass is 10.1. The molecular weight excluding hydrogens is 327 g/mol. The molecule has 9 heteroatoms. The highest BCUT2D eigenvalue weighted by molar-refractivity contribution is 5.97. The van der Waals surface area contributed by atoms with Crippen LogP contribution in [0.4, 0.5) is 13.2 Å². The van der Waals surface area contributed by atoms with Crippen LogP contribution in [0.15, 0.2) is 30.5 Å². The lowest BCUT2D eigenvalue weighted by Gasteiger charge is -2.14. The Hall–Kier alpha value is -2.84. The maximum Gasteiger partial charge on any atom is 0.326 e. The molecule has 1 heterocycles. The maximum absolute atomic E-state index is 13.8. The molecule has 24 heavy (non-hydrogen) atoms. The number of nitrogens with one attached hydrogen (secondary N) is 1. The van der Waals surface area contributed by atoms with Crippen molar-refractivity contribution in [2.75, 3.05) is 0 Å². The average Bonchev–Trinajstić information content (AvgIpc) is 2.88. The van der Waals surface area contributed by atoms with Crippen molar-refractivity contribution in [1.82, 2.24) is 15.1 Å². The number of para-hydroxylation sites is 1. The monoisotopic (exact) mass is 341 g/mol. The quantitative estimate of drug-likeness (QED) is 0.843. The summed E-state index contributed by atoms with van der Waals surface area (Å²) in [4.78, 5) is 23.1. The number of rotatable bonds is 6. The third-order valence-corrected chi connectivity index (χ3v) is 3.35. The van der Waals surface area contributed by atoms with Crippen LogP contribution in [0.3, 0.4) is 0 Å². The van der Waals surface area contributed by atoms with Crippen molar-refractivity contribution in [2.24, 2.45) is 0 Å². The number of aliphatic carboxylic acids is 1. The van der Waals surface area contributed by atoms with Crippen LogP contribution >= 0.6 is 0 Å². The third-order valence-electron chi connectivity index (χ3n) is 3.35. The molecule has 128 valence electrons. The Morgan fingerprint density at radius 3 is 2.58 bits per heavy atom. The largest absolute Gasteiger partial charge is 0.480 e. The van der Waals surface area contributed by atoms with E-state index in [4.69, 9.17) is 5.11 Å². The SMILES string of the molecule is Cc1c(C(=O)NC(CC(F)F)C(=O)O)cnn1-c1ccccc1F. The topological polar surface area (TPSA) is 84.2 Å². The van der Waals surface area contributed by atoms with Gasteiger partial charge in [-0.3, -0.25) is 4.79 Å². The number of carboxylic acids is 1. The van der Waals surface area contributed by atoms with Crippen molar-refractivity contribution in [2.45, 2.75) is 25.8 Å². The van der Waals surface area contributed by atoms with Gasteiger partial charge in [-0.2, -0.15) is 5.10 Å². The van der Waals surface area contributed by atoms with E-state index in [0.717, 1.165) is 6.20 Å². The Bertz CT molecular complexity index is 761. The molecule has 0 saturated heterocycles. The van der Waals surface area contributed by atoms with Gasteiger partial charge in [-0.15, -0.1) is 0 Å². The standard InChI is InChI=1S/C15H14F3N3O3/c1-8-9(14(22)20-11(15(23)24)6-13(17)18)7-19-21(8)12-5-3-2-4-10(12)16/h2-5,7,11,13H,6H2,1H3,(H,20,22)(H,23,24). The minimum Gasteiger partial charge on any atom is -0.480 e. The molecule has 0 fully saturated rings. The van der Waals surface area contributed by atoms with Gasteiger partial charge in [-0.05, 0) is 19.1 Å². The van der Waals surface area contributed by atoms with Crippen LogP contribution in [0.25, 0.3) is 5.69 Å². The Kier molecular flexibility index (Phi) is 5.22. The van der Waals surface area contributed by atoms with Crippen LogP contribution in [0.5, 0.6) is 0 Å². The zero-order valence-corrected chi connectivity index (χ0v) is 12.5. The first-order chi connectivity index (χ1) is 11.3. The summed E-state index contributed by atoms with van der Waals surface area (Å²) in [5, 5.41) is 14.8. The number of carbonyl (C=O) groups excluding carboxylic acids is 1. The van der Waals surface area contributed by atoms with E-state index in [1.165, 1.54) is 29.8 Å². The molecule has 0 aliphatic carbocycles. The second-order valence-electron chi connectivity index (χ2n) is 5.00. The normalized spacial score (nSPS) is 12.2. The minimum absolute atomic E-state index is 0.0289. The summed E-state index contributed by atoms with van der Waals surface area (Å²) in [6, 6.07) is 4.02. The predicted octanol–water partition coefficient (Wildman–Crippen LogP) is 2.16. The van der Waals surface area contributed by atoms with Crippen molar-refractivity contribution >= 4 is 11.9 Å². The molecule has 1 aromatic heterocycles. The van der Waals surface area contributed by atoms with Gasteiger partial charge in [0, 0.05) is 6.42 Å². The number of nitrogens with zero attached hydrogens (tertiary/aromatic N) is 2. The molecule has 2 N–H and O–H groups in total. The van der Waals surface area contributed by atoms with Gasteiger partial charge in [-0.1, -0.05) is 12.1 Å². The highest BCUT2D eigenvalue weighted by atomic mass is 19.3. The summed E-state index contributed by atoms with van der Waals surface area (Å²) in [6.45, 7) is 1.48. The summed E-state index contributed by atoms with van der Waals surface area (Å²) >= 11 is 0. The van der Waals surface area contributed by atoms with Crippen molar-refractivity contribution in [3.8, 4) is 5.69 Å². The lowest BCUT2D eigenvalue weighted by molar-refractivity contribution is -0.140. The number of amides is 1. The first-order valence-electron chi connectivity index (χ1n) is 6.92. The molecule has 0 bridgehead atoms. The Balaban J connectivity index is 2.26. The van der Waals surface area contributed by atoms with Crippen LogP contribution < -0.4 is 5.32 Å². The predicted molar refractivity (Wildman–Crippen MR) is 77.8 cm³/mol. The summed E-state index contributed by atoms with van der Waals surface area (Å²) in [6.07, 6.45) is -2.77. The zero-order valence-electron chi connectivity index (χ0n) is 12.5. The molecule has 0 aliphatic rings. The van der Waals surface area contributed by atoms with E-state index < -0.39 is 36.6 Å². The minimum atomic E-state index is -2.88. The van der Waals surface area contributed by atoms with Crippen molar-refractivity contribution in [3.05, 3.63) is 47.5 Å². The summed E-state index contributed by atoms with van der Waals surface area (Å²) in [7, 11) is 0. The van der Waals surface area contributed by atoms with Crippen LogP contribution in [-0.2, 0) is 4.79 Å². The van der Waals surface area contributed by atoms with E-state index in [2.05, 4.69) is 5.10 Å². The maximum atomic E-state index is 13.8. The van der Waals surface area contributed by atoms with Gasteiger partial charge in [0.15, 0.2) is 0 Å². The summed E-state index contributed by atoms with van der Waals surface area (Å²) < 4.78 is 39.7. The highest BCUT2D eigenvalue weighted by Crippen LogP contribution is 2.17. The summed E-state index contributed by atoms with van der Waals surface area (Å²) in [5.74, 6) is -3.00. The molecule has 1 unspecified atom stereocenters. The number of hydrogen-bond acceptors (Lipinski definition) is 3. The fourth-order valence-corrected chi connectivity index (χ4v) is 2.13. The molecule has 2 rings (SSSR count). The molecule has 0 spiro atoms. The van der Waals surface area contributed by atoms with Crippen molar-refractivity contribution in [3.63, 3.8) is 0 Å². The Morgan fingerprint density at radius 1 is 1.33 bits per heavy atom. The van der Waals surface area contributed by atoms with E-state index in [0.29, 0.717) is 0 Å². The van der Waals surface area contributed by atoms with E-state index in [9.17, 15) is 22.8 Å². The number of alkyl halides is 2. The number of hydrogen-bond donors (Lipinski definition) is 2. The lowest BCUT2D eigenvalue weighted by Crippen LogP contribution is -2.42.